The van der Waals surface area contributed by atoms with E-state index in [0.717, 1.165) is 37.6 Å². The van der Waals surface area contributed by atoms with Gasteiger partial charge in [0, 0.05) is 31.9 Å². The van der Waals surface area contributed by atoms with E-state index < -0.39 is 5.97 Å². The molecule has 17 heavy (non-hydrogen) atoms. The van der Waals surface area contributed by atoms with E-state index in [2.05, 4.69) is 17.0 Å². The molecule has 0 aromatic carbocycles. The van der Waals surface area contributed by atoms with Crippen molar-refractivity contribution < 1.29 is 9.90 Å². The topological polar surface area (TPSA) is 48.7 Å². The van der Waals surface area contributed by atoms with Crippen LogP contribution in [0.1, 0.15) is 21.7 Å². The highest BCUT2D eigenvalue weighted by molar-refractivity contribution is 5.89. The molecule has 0 aliphatic carbocycles. The van der Waals surface area contributed by atoms with Crippen molar-refractivity contribution in [3.8, 4) is 0 Å². The number of hydrogen-bond acceptors (Lipinski definition) is 3. The fraction of sp³-hybridized carbons (Fsp3) is 0.583. The molecule has 2 rings (SSSR count). The van der Waals surface area contributed by atoms with Gasteiger partial charge in [0.05, 0.1) is 11.3 Å². The summed E-state index contributed by atoms with van der Waals surface area (Å²) in [4.78, 5) is 13.4. The molecule has 0 saturated carbocycles. The minimum Gasteiger partial charge on any atom is -0.478 e. The van der Waals surface area contributed by atoms with Gasteiger partial charge in [-0.15, -0.1) is 0 Å². The maximum atomic E-state index is 11.1. The maximum absolute atomic E-state index is 11.1. The molecule has 1 aromatic rings. The van der Waals surface area contributed by atoms with Crippen molar-refractivity contribution in [2.45, 2.75) is 13.8 Å². The minimum atomic E-state index is -0.849. The zero-order chi connectivity index (χ0) is 12.6. The maximum Gasteiger partial charge on any atom is 0.337 e. The van der Waals surface area contributed by atoms with Crippen LogP contribution in [0.25, 0.3) is 0 Å². The number of hydrogen-bond donors (Lipinski definition) is 1. The highest BCUT2D eigenvalue weighted by atomic mass is 16.4. The van der Waals surface area contributed by atoms with Crippen molar-refractivity contribution in [3.63, 3.8) is 0 Å². The van der Waals surface area contributed by atoms with Gasteiger partial charge in [-0.25, -0.2) is 4.79 Å². The molecule has 1 saturated heterocycles. The Labute approximate surface area is 101 Å². The molecule has 1 aliphatic heterocycles. The van der Waals surface area contributed by atoms with E-state index in [9.17, 15) is 4.79 Å². The van der Waals surface area contributed by atoms with Crippen LogP contribution in [-0.4, -0.2) is 53.9 Å². The summed E-state index contributed by atoms with van der Waals surface area (Å²) in [6, 6.07) is 1.75. The van der Waals surface area contributed by atoms with E-state index in [-0.39, 0.29) is 0 Å². The fourth-order valence-corrected chi connectivity index (χ4v) is 2.40. The Hall–Kier alpha value is -1.49. The smallest absolute Gasteiger partial charge is 0.337 e. The van der Waals surface area contributed by atoms with Crippen LogP contribution in [0, 0.1) is 13.8 Å². The van der Waals surface area contributed by atoms with E-state index in [1.54, 1.807) is 6.07 Å². The third-order valence-electron chi connectivity index (χ3n) is 3.39. The first kappa shape index (κ1) is 12.0. The van der Waals surface area contributed by atoms with E-state index in [1.807, 2.05) is 18.5 Å². The highest BCUT2D eigenvalue weighted by Gasteiger charge is 2.21. The molecule has 1 aromatic heterocycles. The molecule has 0 unspecified atom stereocenters. The molecule has 1 fully saturated rings. The second-order valence-electron chi connectivity index (χ2n) is 4.66. The quantitative estimate of drug-likeness (QED) is 0.822. The molecular weight excluding hydrogens is 218 g/mol. The largest absolute Gasteiger partial charge is 0.478 e. The normalized spacial score (nSPS) is 17.5. The molecule has 1 aliphatic rings. The zero-order valence-corrected chi connectivity index (χ0v) is 10.6. The Bertz CT molecular complexity index is 431. The molecule has 5 heteroatoms. The zero-order valence-electron chi connectivity index (χ0n) is 10.6. The lowest BCUT2D eigenvalue weighted by Gasteiger charge is -2.36. The van der Waals surface area contributed by atoms with Gasteiger partial charge in [0.15, 0.2) is 0 Å². The Morgan fingerprint density at radius 2 is 1.82 bits per heavy atom. The number of aromatic nitrogens is 1. The molecule has 0 spiro atoms. The van der Waals surface area contributed by atoms with E-state index in [0.29, 0.717) is 5.56 Å². The van der Waals surface area contributed by atoms with Gasteiger partial charge in [0.2, 0.25) is 0 Å². The van der Waals surface area contributed by atoms with Crippen LogP contribution >= 0.6 is 0 Å². The average Bonchev–Trinajstić information content (AvgIpc) is 2.56. The first-order valence-electron chi connectivity index (χ1n) is 5.86. The first-order chi connectivity index (χ1) is 8.00. The molecule has 1 N–H and O–H groups in total. The summed E-state index contributed by atoms with van der Waals surface area (Å²) < 4.78 is 2.04. The Morgan fingerprint density at radius 3 is 2.29 bits per heavy atom. The number of piperazine rings is 1. The van der Waals surface area contributed by atoms with Crippen molar-refractivity contribution >= 4 is 5.97 Å². The average molecular weight is 237 g/mol. The SMILES string of the molecule is Cc1cc(C(=O)O)c(C)n1N1CCN(C)CC1. The van der Waals surface area contributed by atoms with E-state index in [4.69, 9.17) is 5.11 Å². The van der Waals surface area contributed by atoms with Crippen LogP contribution in [0.15, 0.2) is 6.07 Å². The number of aryl methyl sites for hydroxylation is 1. The number of nitrogens with zero attached hydrogens (tertiary/aromatic N) is 3. The standard InChI is InChI=1S/C12H19N3O2/c1-9-8-11(12(16)17)10(2)15(9)14-6-4-13(3)5-7-14/h8H,4-7H2,1-3H3,(H,16,17). The lowest BCUT2D eigenvalue weighted by atomic mass is 10.2. The number of aromatic carboxylic acids is 1. The second-order valence-corrected chi connectivity index (χ2v) is 4.66. The van der Waals surface area contributed by atoms with E-state index >= 15 is 0 Å². The van der Waals surface area contributed by atoms with Gasteiger partial charge in [-0.1, -0.05) is 0 Å². The van der Waals surface area contributed by atoms with Crippen molar-refractivity contribution in [1.29, 1.82) is 0 Å². The Balaban J connectivity index is 2.29. The van der Waals surface area contributed by atoms with Crippen LogP contribution in [0.3, 0.4) is 0 Å². The van der Waals surface area contributed by atoms with Gasteiger partial charge in [-0.05, 0) is 27.0 Å². The van der Waals surface area contributed by atoms with Crippen LogP contribution in [0.4, 0.5) is 0 Å². The number of carboxylic acids is 1. The van der Waals surface area contributed by atoms with Crippen LogP contribution < -0.4 is 5.01 Å². The highest BCUT2D eigenvalue weighted by Crippen LogP contribution is 2.16. The van der Waals surface area contributed by atoms with Gasteiger partial charge in [0.1, 0.15) is 0 Å². The summed E-state index contributed by atoms with van der Waals surface area (Å²) in [6.07, 6.45) is 0. The lowest BCUT2D eigenvalue weighted by molar-refractivity contribution is 0.0696. The predicted molar refractivity (Wildman–Crippen MR) is 66.3 cm³/mol. The van der Waals surface area contributed by atoms with Gasteiger partial charge in [0.25, 0.3) is 0 Å². The fourth-order valence-electron chi connectivity index (χ4n) is 2.40. The van der Waals surface area contributed by atoms with Crippen molar-refractivity contribution in [1.82, 2.24) is 9.58 Å². The monoisotopic (exact) mass is 237 g/mol. The first-order valence-corrected chi connectivity index (χ1v) is 5.86. The summed E-state index contributed by atoms with van der Waals surface area (Å²) in [5, 5.41) is 11.3. The molecular formula is C12H19N3O2. The molecule has 2 heterocycles. The van der Waals surface area contributed by atoms with Crippen LogP contribution in [-0.2, 0) is 0 Å². The molecule has 0 radical (unpaired) electrons. The number of rotatable bonds is 2. The third kappa shape index (κ3) is 2.15. The molecule has 0 atom stereocenters. The Kier molecular flexibility index (Phi) is 3.11. The predicted octanol–water partition coefficient (Wildman–Crippen LogP) is 0.687. The second kappa shape index (κ2) is 4.41. The summed E-state index contributed by atoms with van der Waals surface area (Å²) in [7, 11) is 2.11. The van der Waals surface area contributed by atoms with Gasteiger partial charge >= 0.3 is 5.97 Å². The van der Waals surface area contributed by atoms with Crippen LogP contribution in [0.5, 0.6) is 0 Å². The molecule has 0 amide bonds. The number of carbonyl (C=O) groups is 1. The minimum absolute atomic E-state index is 0.404. The summed E-state index contributed by atoms with van der Waals surface area (Å²) >= 11 is 0. The van der Waals surface area contributed by atoms with Gasteiger partial charge in [-0.2, -0.15) is 0 Å². The van der Waals surface area contributed by atoms with Crippen molar-refractivity contribution in [2.75, 3.05) is 38.2 Å². The van der Waals surface area contributed by atoms with Gasteiger partial charge in [-0.3, -0.25) is 4.68 Å². The Morgan fingerprint density at radius 1 is 1.24 bits per heavy atom. The molecule has 94 valence electrons. The van der Waals surface area contributed by atoms with Crippen molar-refractivity contribution in [2.24, 2.45) is 0 Å². The lowest BCUT2D eigenvalue weighted by Crippen LogP contribution is -2.50. The molecule has 0 bridgehead atoms. The summed E-state index contributed by atoms with van der Waals surface area (Å²) in [6.45, 7) is 7.73. The van der Waals surface area contributed by atoms with Crippen molar-refractivity contribution in [3.05, 3.63) is 23.0 Å². The number of likely N-dealkylation sites (N-methyl/N-ethyl adjacent to an activating group) is 1. The summed E-state index contributed by atoms with van der Waals surface area (Å²) in [5.41, 5.74) is 2.21. The molecule has 5 nitrogen and oxygen atoms in total. The van der Waals surface area contributed by atoms with Gasteiger partial charge < -0.3 is 15.0 Å². The third-order valence-corrected chi connectivity index (χ3v) is 3.39. The number of carboxylic acid groups (broad SMARTS) is 1. The van der Waals surface area contributed by atoms with E-state index in [1.165, 1.54) is 0 Å². The summed E-state index contributed by atoms with van der Waals surface area (Å²) in [5.74, 6) is -0.849. The van der Waals surface area contributed by atoms with Crippen LogP contribution in [0.2, 0.25) is 0 Å².